The van der Waals surface area contributed by atoms with Gasteiger partial charge >= 0.3 is 5.97 Å². The Labute approximate surface area is 171 Å². The number of benzene rings is 1. The van der Waals surface area contributed by atoms with Gasteiger partial charge in [-0.1, -0.05) is 6.07 Å². The molecule has 2 aliphatic rings. The van der Waals surface area contributed by atoms with Gasteiger partial charge in [-0.3, -0.25) is 0 Å². The summed E-state index contributed by atoms with van der Waals surface area (Å²) < 4.78 is 20.9. The van der Waals surface area contributed by atoms with Crippen molar-refractivity contribution in [3.05, 3.63) is 35.3 Å². The Hall–Kier alpha value is -4.23. The maximum Gasteiger partial charge on any atom is 0.337 e. The number of carbonyl (C=O) groups excluding carboxylic acids is 1. The van der Waals surface area contributed by atoms with Crippen LogP contribution in [-0.2, 0) is 14.3 Å². The van der Waals surface area contributed by atoms with E-state index in [-0.39, 0.29) is 12.4 Å². The normalized spacial score (nSPS) is 18.3. The number of hydrogen-bond donors (Lipinski definition) is 1. The van der Waals surface area contributed by atoms with Crippen molar-refractivity contribution in [3.8, 4) is 29.7 Å². The molecule has 0 radical (unpaired) electrons. The second-order valence-electron chi connectivity index (χ2n) is 6.94. The smallest absolute Gasteiger partial charge is 0.337 e. The second-order valence-corrected chi connectivity index (χ2v) is 6.94. The van der Waals surface area contributed by atoms with E-state index in [1.807, 2.05) is 6.07 Å². The van der Waals surface area contributed by atoms with Crippen molar-refractivity contribution in [2.75, 3.05) is 6.79 Å². The second kappa shape index (κ2) is 7.65. The molecule has 1 N–H and O–H groups in total. The minimum absolute atomic E-state index is 0.0270. The summed E-state index contributed by atoms with van der Waals surface area (Å²) in [6, 6.07) is 9.59. The molecule has 10 heteroatoms. The molecule has 0 unspecified atom stereocenters. The summed E-state index contributed by atoms with van der Waals surface area (Å²) in [5.41, 5.74) is -0.809. The van der Waals surface area contributed by atoms with Crippen LogP contribution in [0.3, 0.4) is 0 Å². The van der Waals surface area contributed by atoms with Gasteiger partial charge in [-0.05, 0) is 31.5 Å². The number of hydrogen-bond acceptors (Lipinski definition) is 10. The lowest BCUT2D eigenvalue weighted by atomic mass is 9.76. The van der Waals surface area contributed by atoms with Crippen molar-refractivity contribution in [3.63, 3.8) is 0 Å². The average molecular weight is 407 g/mol. The first-order valence-electron chi connectivity index (χ1n) is 8.72. The highest BCUT2D eigenvalue weighted by Gasteiger charge is 2.41. The molecule has 1 aromatic rings. The quantitative estimate of drug-likeness (QED) is 0.556. The van der Waals surface area contributed by atoms with E-state index in [1.165, 1.54) is 32.0 Å². The lowest BCUT2D eigenvalue weighted by molar-refractivity contribution is -0.394. The van der Waals surface area contributed by atoms with Crippen molar-refractivity contribution < 1.29 is 28.8 Å². The summed E-state index contributed by atoms with van der Waals surface area (Å²) in [6.45, 7) is 2.72. The standard InChI is InChI=1S/C20H16N4O6/c1-20(2)29-18(25)16(19(26)30-20)15(12(8-23)17(24)11(6-21)7-22)10-3-4-13-14(5-10)28-9-27-13/h3-5,11-12,15,24-25H,9H2,1-2H3/p-1/t12-,15+/m0/s1. The number of nitriles is 3. The third kappa shape index (κ3) is 3.57. The number of cyclic esters (lactones) is 1. The minimum Gasteiger partial charge on any atom is -0.575 e. The van der Waals surface area contributed by atoms with Crippen LogP contribution in [0.25, 0.3) is 0 Å². The van der Waals surface area contributed by atoms with Gasteiger partial charge in [0.15, 0.2) is 23.2 Å². The maximum atomic E-state index is 12.7. The van der Waals surface area contributed by atoms with Crippen LogP contribution in [0.15, 0.2) is 29.7 Å². The van der Waals surface area contributed by atoms with Gasteiger partial charge in [-0.2, -0.15) is 15.8 Å². The highest BCUT2D eigenvalue weighted by atomic mass is 16.8. The fourth-order valence-corrected chi connectivity index (χ4v) is 3.22. The number of rotatable bonds is 5. The first-order chi connectivity index (χ1) is 14.2. The summed E-state index contributed by atoms with van der Waals surface area (Å²) in [4.78, 5) is 12.7. The van der Waals surface area contributed by atoms with Gasteiger partial charge in [-0.25, -0.2) is 4.79 Å². The Morgan fingerprint density at radius 3 is 2.40 bits per heavy atom. The van der Waals surface area contributed by atoms with E-state index in [0.29, 0.717) is 11.5 Å². The van der Waals surface area contributed by atoms with Crippen molar-refractivity contribution in [1.82, 2.24) is 0 Å². The molecule has 152 valence electrons. The first-order valence-corrected chi connectivity index (χ1v) is 8.72. The molecule has 0 aliphatic carbocycles. The third-order valence-corrected chi connectivity index (χ3v) is 4.56. The van der Waals surface area contributed by atoms with E-state index < -0.39 is 46.7 Å². The van der Waals surface area contributed by atoms with Gasteiger partial charge in [0, 0.05) is 5.92 Å². The van der Waals surface area contributed by atoms with Crippen molar-refractivity contribution in [2.45, 2.75) is 25.6 Å². The SMILES string of the molecule is CC1(C)OC(=O)C([C@H](c2ccc3c(c2)OCO3)[C@H](C#N)C(=N)C(C#N)C#N)=C([O-])O1. The number of nitrogens with one attached hydrogen (secondary N) is 1. The summed E-state index contributed by atoms with van der Waals surface area (Å²) in [5.74, 6) is -7.17. The van der Waals surface area contributed by atoms with E-state index in [0.717, 1.165) is 0 Å². The Bertz CT molecular complexity index is 1060. The van der Waals surface area contributed by atoms with Crippen LogP contribution in [0.5, 0.6) is 11.5 Å². The largest absolute Gasteiger partial charge is 0.575 e. The molecule has 2 atom stereocenters. The summed E-state index contributed by atoms with van der Waals surface area (Å²) >= 11 is 0. The molecule has 0 bridgehead atoms. The number of nitrogens with zero attached hydrogens (tertiary/aromatic N) is 3. The van der Waals surface area contributed by atoms with Gasteiger partial charge in [0.1, 0.15) is 0 Å². The maximum absolute atomic E-state index is 12.7. The molecule has 10 nitrogen and oxygen atoms in total. The van der Waals surface area contributed by atoms with Crippen LogP contribution in [0.4, 0.5) is 0 Å². The molecule has 30 heavy (non-hydrogen) atoms. The van der Waals surface area contributed by atoms with Crippen LogP contribution >= 0.6 is 0 Å². The molecule has 2 aliphatic heterocycles. The molecule has 0 aromatic heterocycles. The Morgan fingerprint density at radius 2 is 1.80 bits per heavy atom. The molecule has 0 amide bonds. The van der Waals surface area contributed by atoms with E-state index in [1.54, 1.807) is 12.1 Å². The van der Waals surface area contributed by atoms with E-state index >= 15 is 0 Å². The first kappa shape index (κ1) is 20.5. The molecule has 3 rings (SSSR count). The Morgan fingerprint density at radius 1 is 1.13 bits per heavy atom. The van der Waals surface area contributed by atoms with Crippen LogP contribution < -0.4 is 14.6 Å². The Kier molecular flexibility index (Phi) is 5.23. The van der Waals surface area contributed by atoms with Crippen molar-refractivity contribution in [1.29, 1.82) is 21.2 Å². The van der Waals surface area contributed by atoms with Crippen molar-refractivity contribution >= 4 is 11.7 Å². The third-order valence-electron chi connectivity index (χ3n) is 4.56. The van der Waals surface area contributed by atoms with Crippen LogP contribution in [0.1, 0.15) is 25.3 Å². The topological polar surface area (TPSA) is 172 Å². The van der Waals surface area contributed by atoms with Crippen LogP contribution in [0, 0.1) is 51.2 Å². The summed E-state index contributed by atoms with van der Waals surface area (Å²) in [7, 11) is 0. The lowest BCUT2D eigenvalue weighted by Gasteiger charge is -2.41. The molecule has 1 aromatic carbocycles. The molecule has 0 fully saturated rings. The fourth-order valence-electron chi connectivity index (χ4n) is 3.22. The molecule has 0 saturated heterocycles. The molecule has 0 saturated carbocycles. The fraction of sp³-hybridized carbons (Fsp3) is 0.350. The summed E-state index contributed by atoms with van der Waals surface area (Å²) in [5, 5.41) is 49.0. The monoisotopic (exact) mass is 407 g/mol. The molecule has 0 spiro atoms. The zero-order valence-electron chi connectivity index (χ0n) is 16.0. The van der Waals surface area contributed by atoms with E-state index in [4.69, 9.17) is 34.9 Å². The van der Waals surface area contributed by atoms with Crippen LogP contribution in [-0.4, -0.2) is 24.3 Å². The zero-order valence-corrected chi connectivity index (χ0v) is 16.0. The highest BCUT2D eigenvalue weighted by molar-refractivity contribution is 5.97. The van der Waals surface area contributed by atoms with Gasteiger partial charge in [0.2, 0.25) is 6.79 Å². The number of esters is 1. The van der Waals surface area contributed by atoms with Crippen molar-refractivity contribution in [2.24, 2.45) is 11.8 Å². The molecule has 2 heterocycles. The van der Waals surface area contributed by atoms with Crippen LogP contribution in [0.2, 0.25) is 0 Å². The highest BCUT2D eigenvalue weighted by Crippen LogP contribution is 2.42. The number of ether oxygens (including phenoxy) is 4. The Balaban J connectivity index is 2.18. The number of fused-ring (bicyclic) bond motifs is 1. The lowest BCUT2D eigenvalue weighted by Crippen LogP contribution is -2.43. The van der Waals surface area contributed by atoms with Gasteiger partial charge < -0.3 is 29.5 Å². The average Bonchev–Trinajstić information content (AvgIpc) is 3.14. The van der Waals surface area contributed by atoms with E-state index in [9.17, 15) is 15.2 Å². The predicted octanol–water partition coefficient (Wildman–Crippen LogP) is 1.20. The predicted molar refractivity (Wildman–Crippen MR) is 95.1 cm³/mol. The van der Waals surface area contributed by atoms with E-state index in [2.05, 4.69) is 0 Å². The van der Waals surface area contributed by atoms with Gasteiger partial charge in [0.25, 0.3) is 0 Å². The zero-order chi connectivity index (χ0) is 22.1. The molecular formula is C20H15N4O6-. The molecular weight excluding hydrogens is 392 g/mol. The van der Waals surface area contributed by atoms with Gasteiger partial charge in [0.05, 0.1) is 41.4 Å². The van der Waals surface area contributed by atoms with Gasteiger partial charge in [-0.15, -0.1) is 0 Å². The summed E-state index contributed by atoms with van der Waals surface area (Å²) in [6.07, 6.45) is 0. The number of carbonyl (C=O) groups is 1. The minimum atomic E-state index is -1.54.